The van der Waals surface area contributed by atoms with E-state index in [0.717, 1.165) is 5.56 Å². The monoisotopic (exact) mass is 289 g/mol. The predicted molar refractivity (Wildman–Crippen MR) is 70.0 cm³/mol. The average molecular weight is 290 g/mol. The van der Waals surface area contributed by atoms with Crippen molar-refractivity contribution in [2.75, 3.05) is 6.54 Å². The summed E-state index contributed by atoms with van der Waals surface area (Å²) in [5.74, 6) is -2.70. The summed E-state index contributed by atoms with van der Waals surface area (Å²) in [5.41, 5.74) is 0.851. The molecule has 0 spiro atoms. The van der Waals surface area contributed by atoms with Gasteiger partial charge in [0.25, 0.3) is 0 Å². The van der Waals surface area contributed by atoms with Crippen LogP contribution < -0.4 is 5.32 Å². The fourth-order valence-corrected chi connectivity index (χ4v) is 1.81. The van der Waals surface area contributed by atoms with Gasteiger partial charge in [-0.3, -0.25) is 9.59 Å². The summed E-state index contributed by atoms with van der Waals surface area (Å²) in [6, 6.07) is 5.11. The smallest absolute Gasteiger partial charge is 0.315 e. The molecule has 1 aromatic rings. The van der Waals surface area contributed by atoms with E-state index >= 15 is 0 Å². The van der Waals surface area contributed by atoms with E-state index < -0.39 is 17.8 Å². The Morgan fingerprint density at radius 3 is 2.61 bits per heavy atom. The van der Waals surface area contributed by atoms with Gasteiger partial charge in [-0.05, 0) is 31.0 Å². The zero-order chi connectivity index (χ0) is 13.7. The first-order chi connectivity index (χ1) is 8.41. The van der Waals surface area contributed by atoms with Gasteiger partial charge in [-0.15, -0.1) is 0 Å². The molecule has 0 fully saturated rings. The number of carboxylic acids is 1. The highest BCUT2D eigenvalue weighted by atomic mass is 35.5. The zero-order valence-corrected chi connectivity index (χ0v) is 11.3. The maximum Gasteiger partial charge on any atom is 0.315 e. The van der Waals surface area contributed by atoms with Gasteiger partial charge in [0.2, 0.25) is 5.91 Å². The average Bonchev–Trinajstić information content (AvgIpc) is 2.30. The summed E-state index contributed by atoms with van der Waals surface area (Å²) in [4.78, 5) is 21.9. The second-order valence-corrected chi connectivity index (χ2v) is 4.68. The van der Waals surface area contributed by atoms with Crippen molar-refractivity contribution in [1.29, 1.82) is 0 Å². The number of aliphatic carboxylic acids is 1. The molecule has 0 heterocycles. The fraction of sp³-hybridized carbons (Fsp3) is 0.333. The number of hydrogen-bond donors (Lipinski definition) is 2. The molecule has 18 heavy (non-hydrogen) atoms. The van der Waals surface area contributed by atoms with Gasteiger partial charge < -0.3 is 10.4 Å². The van der Waals surface area contributed by atoms with E-state index in [4.69, 9.17) is 28.3 Å². The van der Waals surface area contributed by atoms with Crippen LogP contribution in [0, 0.1) is 5.92 Å². The zero-order valence-electron chi connectivity index (χ0n) is 9.74. The van der Waals surface area contributed by atoms with Crippen LogP contribution in [0.15, 0.2) is 18.2 Å². The lowest BCUT2D eigenvalue weighted by Gasteiger charge is -2.09. The molecule has 6 heteroatoms. The van der Waals surface area contributed by atoms with E-state index in [1.807, 2.05) is 0 Å². The maximum atomic E-state index is 11.4. The molecule has 1 rings (SSSR count). The Morgan fingerprint density at radius 2 is 2.06 bits per heavy atom. The number of carbonyl (C=O) groups excluding carboxylic acids is 1. The lowest BCUT2D eigenvalue weighted by atomic mass is 10.1. The Morgan fingerprint density at radius 1 is 1.39 bits per heavy atom. The summed E-state index contributed by atoms with van der Waals surface area (Å²) >= 11 is 11.7. The SMILES string of the molecule is CC(C(=O)O)C(=O)NCCc1ccc(Cl)cc1Cl. The number of hydrogen-bond acceptors (Lipinski definition) is 2. The van der Waals surface area contributed by atoms with Gasteiger partial charge in [0.05, 0.1) is 0 Å². The molecule has 0 saturated carbocycles. The number of rotatable bonds is 5. The van der Waals surface area contributed by atoms with E-state index in [-0.39, 0.29) is 0 Å². The molecule has 4 nitrogen and oxygen atoms in total. The third kappa shape index (κ3) is 4.20. The molecule has 0 aliphatic carbocycles. The highest BCUT2D eigenvalue weighted by molar-refractivity contribution is 6.35. The van der Waals surface area contributed by atoms with E-state index in [2.05, 4.69) is 5.32 Å². The van der Waals surface area contributed by atoms with E-state index in [1.54, 1.807) is 18.2 Å². The standard InChI is InChI=1S/C12H13Cl2NO3/c1-7(12(17)18)11(16)15-5-4-8-2-3-9(13)6-10(8)14/h2-3,6-7H,4-5H2,1H3,(H,15,16)(H,17,18). The topological polar surface area (TPSA) is 66.4 Å². The minimum atomic E-state index is -1.14. The van der Waals surface area contributed by atoms with Crippen LogP contribution in [0.3, 0.4) is 0 Å². The number of carbonyl (C=O) groups is 2. The Kier molecular flexibility index (Phi) is 5.44. The molecule has 1 amide bonds. The summed E-state index contributed by atoms with van der Waals surface area (Å²) in [7, 11) is 0. The molecule has 98 valence electrons. The summed E-state index contributed by atoms with van der Waals surface area (Å²) in [6.07, 6.45) is 0.522. The van der Waals surface area contributed by atoms with Crippen LogP contribution in [0.1, 0.15) is 12.5 Å². The Labute approximate surface area is 115 Å². The van der Waals surface area contributed by atoms with Crippen LogP contribution >= 0.6 is 23.2 Å². The summed E-state index contributed by atoms with van der Waals surface area (Å²) < 4.78 is 0. The van der Waals surface area contributed by atoms with Gasteiger partial charge in [-0.25, -0.2) is 0 Å². The van der Waals surface area contributed by atoms with Crippen molar-refractivity contribution in [1.82, 2.24) is 5.32 Å². The largest absolute Gasteiger partial charge is 0.481 e. The minimum absolute atomic E-state index is 0.331. The van der Waals surface area contributed by atoms with Gasteiger partial charge >= 0.3 is 5.97 Å². The van der Waals surface area contributed by atoms with E-state index in [0.29, 0.717) is 23.0 Å². The molecule has 1 atom stereocenters. The lowest BCUT2D eigenvalue weighted by molar-refractivity contribution is -0.146. The second-order valence-electron chi connectivity index (χ2n) is 3.84. The first kappa shape index (κ1) is 14.8. The van der Waals surface area contributed by atoms with Gasteiger partial charge in [0.15, 0.2) is 0 Å². The summed E-state index contributed by atoms with van der Waals surface area (Å²) in [6.45, 7) is 1.67. The molecule has 0 aliphatic rings. The van der Waals surface area contributed by atoms with Crippen molar-refractivity contribution in [2.24, 2.45) is 5.92 Å². The normalized spacial score (nSPS) is 11.9. The van der Waals surface area contributed by atoms with Crippen LogP contribution in [0.2, 0.25) is 10.0 Å². The van der Waals surface area contributed by atoms with Crippen LogP contribution in [-0.2, 0) is 16.0 Å². The van der Waals surface area contributed by atoms with Gasteiger partial charge in [0, 0.05) is 16.6 Å². The molecule has 0 saturated heterocycles. The highest BCUT2D eigenvalue weighted by Crippen LogP contribution is 2.21. The molecule has 0 bridgehead atoms. The molecule has 2 N–H and O–H groups in total. The van der Waals surface area contributed by atoms with Crippen molar-refractivity contribution in [3.63, 3.8) is 0 Å². The van der Waals surface area contributed by atoms with E-state index in [1.165, 1.54) is 6.92 Å². The van der Waals surface area contributed by atoms with Gasteiger partial charge in [0.1, 0.15) is 5.92 Å². The molecule has 0 radical (unpaired) electrons. The van der Waals surface area contributed by atoms with Gasteiger partial charge in [-0.1, -0.05) is 29.3 Å². The molecular weight excluding hydrogens is 277 g/mol. The fourth-order valence-electron chi connectivity index (χ4n) is 1.31. The second kappa shape index (κ2) is 6.61. The number of benzene rings is 1. The number of carboxylic acid groups (broad SMARTS) is 1. The quantitative estimate of drug-likeness (QED) is 0.818. The predicted octanol–water partition coefficient (Wildman–Crippen LogP) is 2.37. The number of nitrogens with one attached hydrogen (secondary N) is 1. The van der Waals surface area contributed by atoms with Crippen molar-refractivity contribution >= 4 is 35.1 Å². The Hall–Kier alpha value is -1.26. The molecule has 0 aliphatic heterocycles. The van der Waals surface area contributed by atoms with Crippen molar-refractivity contribution in [3.8, 4) is 0 Å². The van der Waals surface area contributed by atoms with Crippen molar-refractivity contribution < 1.29 is 14.7 Å². The van der Waals surface area contributed by atoms with Crippen LogP contribution in [-0.4, -0.2) is 23.5 Å². The van der Waals surface area contributed by atoms with E-state index in [9.17, 15) is 9.59 Å². The van der Waals surface area contributed by atoms with Crippen LogP contribution in [0.4, 0.5) is 0 Å². The third-order valence-corrected chi connectivity index (χ3v) is 3.06. The van der Waals surface area contributed by atoms with Crippen molar-refractivity contribution in [3.05, 3.63) is 33.8 Å². The summed E-state index contributed by atoms with van der Waals surface area (Å²) in [5, 5.41) is 12.3. The lowest BCUT2D eigenvalue weighted by Crippen LogP contribution is -2.34. The Bertz CT molecular complexity index is 463. The minimum Gasteiger partial charge on any atom is -0.481 e. The molecule has 1 unspecified atom stereocenters. The van der Waals surface area contributed by atoms with Crippen molar-refractivity contribution in [2.45, 2.75) is 13.3 Å². The van der Waals surface area contributed by atoms with Crippen LogP contribution in [0.5, 0.6) is 0 Å². The first-order valence-corrected chi connectivity index (χ1v) is 6.12. The Balaban J connectivity index is 2.47. The van der Waals surface area contributed by atoms with Crippen LogP contribution in [0.25, 0.3) is 0 Å². The highest BCUT2D eigenvalue weighted by Gasteiger charge is 2.19. The number of halogens is 2. The van der Waals surface area contributed by atoms with Gasteiger partial charge in [-0.2, -0.15) is 0 Å². The molecule has 1 aromatic carbocycles. The first-order valence-electron chi connectivity index (χ1n) is 5.36. The number of amides is 1. The molecule has 0 aromatic heterocycles. The molecular formula is C12H13Cl2NO3. The third-order valence-electron chi connectivity index (χ3n) is 2.47. The maximum absolute atomic E-state index is 11.4.